The molecule has 80 valence electrons. The van der Waals surface area contributed by atoms with Crippen LogP contribution in [0.2, 0.25) is 0 Å². The van der Waals surface area contributed by atoms with Crippen LogP contribution in [0, 0.1) is 18.3 Å². The first-order chi connectivity index (χ1) is 7.19. The Morgan fingerprint density at radius 1 is 1.47 bits per heavy atom. The number of nitrogens with zero attached hydrogens (tertiary/aromatic N) is 1. The third kappa shape index (κ3) is 3.43. The lowest BCUT2D eigenvalue weighted by molar-refractivity contribution is -0.108. The maximum Gasteiger partial charge on any atom is 0.141 e. The summed E-state index contributed by atoms with van der Waals surface area (Å²) in [6, 6.07) is 6.67. The summed E-state index contributed by atoms with van der Waals surface area (Å²) >= 11 is 0. The monoisotopic (exact) mass is 205 g/mol. The van der Waals surface area contributed by atoms with Gasteiger partial charge in [0.1, 0.15) is 18.0 Å². The summed E-state index contributed by atoms with van der Waals surface area (Å²) in [5, 5.41) is 18.0. The Morgan fingerprint density at radius 2 is 2.07 bits per heavy atom. The van der Waals surface area contributed by atoms with Gasteiger partial charge in [-0.25, -0.2) is 0 Å². The van der Waals surface area contributed by atoms with Crippen LogP contribution in [-0.2, 0) is 4.79 Å². The Kier molecular flexibility index (Phi) is 5.81. The SMILES string of the molecule is CC.Cc1ccc(C(C#N)C=O)c(O)c1. The molecule has 0 amide bonds. The summed E-state index contributed by atoms with van der Waals surface area (Å²) in [4.78, 5) is 10.4. The molecule has 3 heteroatoms. The maximum absolute atomic E-state index is 10.4. The van der Waals surface area contributed by atoms with Gasteiger partial charge in [-0.2, -0.15) is 5.26 Å². The Morgan fingerprint density at radius 3 is 2.47 bits per heavy atom. The highest BCUT2D eigenvalue weighted by atomic mass is 16.3. The predicted octanol–water partition coefficient (Wildman–Crippen LogP) is 2.53. The quantitative estimate of drug-likeness (QED) is 0.754. The maximum atomic E-state index is 10.4. The second kappa shape index (κ2) is 6.61. The van der Waals surface area contributed by atoms with E-state index in [-0.39, 0.29) is 5.75 Å². The Balaban J connectivity index is 0.000000921. The van der Waals surface area contributed by atoms with E-state index in [1.165, 1.54) is 6.07 Å². The Bertz CT molecular complexity index is 366. The van der Waals surface area contributed by atoms with Gasteiger partial charge in [0.15, 0.2) is 0 Å². The number of phenolic OH excluding ortho intramolecular Hbond substituents is 1. The number of nitriles is 1. The van der Waals surface area contributed by atoms with Gasteiger partial charge in [0, 0.05) is 5.56 Å². The van der Waals surface area contributed by atoms with Crippen molar-refractivity contribution in [2.75, 3.05) is 0 Å². The van der Waals surface area contributed by atoms with Crippen LogP contribution in [0.3, 0.4) is 0 Å². The molecule has 0 fully saturated rings. The van der Waals surface area contributed by atoms with Gasteiger partial charge in [-0.3, -0.25) is 0 Å². The number of hydrogen-bond donors (Lipinski definition) is 1. The van der Waals surface area contributed by atoms with Crippen LogP contribution in [0.5, 0.6) is 5.75 Å². The van der Waals surface area contributed by atoms with E-state index in [1.807, 2.05) is 20.8 Å². The van der Waals surface area contributed by atoms with Crippen molar-refractivity contribution >= 4 is 6.29 Å². The fourth-order valence-corrected chi connectivity index (χ4v) is 1.09. The molecular formula is C12H15NO2. The van der Waals surface area contributed by atoms with Crippen molar-refractivity contribution in [3.8, 4) is 11.8 Å². The molecule has 1 unspecified atom stereocenters. The van der Waals surface area contributed by atoms with Gasteiger partial charge in [-0.15, -0.1) is 0 Å². The van der Waals surface area contributed by atoms with E-state index < -0.39 is 5.92 Å². The highest BCUT2D eigenvalue weighted by Crippen LogP contribution is 2.24. The molecule has 0 aliphatic heterocycles. The summed E-state index contributed by atoms with van der Waals surface area (Å²) < 4.78 is 0. The molecule has 1 N–H and O–H groups in total. The van der Waals surface area contributed by atoms with E-state index in [0.717, 1.165) is 5.56 Å². The van der Waals surface area contributed by atoms with E-state index in [1.54, 1.807) is 18.2 Å². The normalized spacial score (nSPS) is 10.5. The van der Waals surface area contributed by atoms with Crippen LogP contribution < -0.4 is 0 Å². The third-order valence-corrected chi connectivity index (χ3v) is 1.80. The summed E-state index contributed by atoms with van der Waals surface area (Å²) in [5.41, 5.74) is 1.26. The van der Waals surface area contributed by atoms with Crippen molar-refractivity contribution in [1.82, 2.24) is 0 Å². The van der Waals surface area contributed by atoms with Crippen LogP contribution >= 0.6 is 0 Å². The van der Waals surface area contributed by atoms with Crippen LogP contribution in [0.1, 0.15) is 30.9 Å². The van der Waals surface area contributed by atoms with Gasteiger partial charge in [0.25, 0.3) is 0 Å². The molecule has 1 rings (SSSR count). The van der Waals surface area contributed by atoms with E-state index in [2.05, 4.69) is 0 Å². The number of hydrogen-bond acceptors (Lipinski definition) is 3. The van der Waals surface area contributed by atoms with Crippen LogP contribution in [0.25, 0.3) is 0 Å². The van der Waals surface area contributed by atoms with E-state index in [9.17, 15) is 9.90 Å². The van der Waals surface area contributed by atoms with Crippen LogP contribution in [0.4, 0.5) is 0 Å². The van der Waals surface area contributed by atoms with Crippen LogP contribution in [-0.4, -0.2) is 11.4 Å². The number of carbonyl (C=O) groups is 1. The smallest absolute Gasteiger partial charge is 0.141 e. The zero-order valence-electron chi connectivity index (χ0n) is 9.19. The summed E-state index contributed by atoms with van der Waals surface area (Å²) in [5.74, 6) is -0.876. The van der Waals surface area contributed by atoms with Crippen molar-refractivity contribution < 1.29 is 9.90 Å². The lowest BCUT2D eigenvalue weighted by Gasteiger charge is -2.05. The van der Waals surface area contributed by atoms with Gasteiger partial charge in [-0.05, 0) is 18.6 Å². The van der Waals surface area contributed by atoms with Gasteiger partial charge in [-0.1, -0.05) is 26.0 Å². The number of benzene rings is 1. The molecule has 0 bridgehead atoms. The summed E-state index contributed by atoms with van der Waals surface area (Å²) in [6.07, 6.45) is 0.518. The first-order valence-electron chi connectivity index (χ1n) is 4.83. The number of aromatic hydroxyl groups is 1. The first kappa shape index (κ1) is 13.2. The van der Waals surface area contributed by atoms with Gasteiger partial charge in [0.2, 0.25) is 0 Å². The molecule has 15 heavy (non-hydrogen) atoms. The minimum absolute atomic E-state index is 0.00125. The van der Waals surface area contributed by atoms with Crippen molar-refractivity contribution in [2.45, 2.75) is 26.7 Å². The largest absolute Gasteiger partial charge is 0.508 e. The minimum Gasteiger partial charge on any atom is -0.508 e. The number of carbonyl (C=O) groups excluding carboxylic acids is 1. The Labute approximate surface area is 90.0 Å². The second-order valence-corrected chi connectivity index (χ2v) is 2.81. The highest BCUT2D eigenvalue weighted by molar-refractivity contribution is 5.68. The fraction of sp³-hybridized carbons (Fsp3) is 0.333. The van der Waals surface area contributed by atoms with Crippen molar-refractivity contribution in [3.63, 3.8) is 0 Å². The third-order valence-electron chi connectivity index (χ3n) is 1.80. The molecule has 1 aromatic rings. The average Bonchev–Trinajstić information content (AvgIpc) is 2.25. The molecule has 0 saturated carbocycles. The first-order valence-corrected chi connectivity index (χ1v) is 4.83. The van der Waals surface area contributed by atoms with Gasteiger partial charge in [0.05, 0.1) is 6.07 Å². The van der Waals surface area contributed by atoms with Crippen molar-refractivity contribution in [1.29, 1.82) is 5.26 Å². The number of rotatable bonds is 2. The molecule has 0 aromatic heterocycles. The van der Waals surface area contributed by atoms with Crippen molar-refractivity contribution in [2.24, 2.45) is 0 Å². The van der Waals surface area contributed by atoms with Crippen molar-refractivity contribution in [3.05, 3.63) is 29.3 Å². The Hall–Kier alpha value is -1.82. The molecule has 1 aromatic carbocycles. The van der Waals surface area contributed by atoms with E-state index >= 15 is 0 Å². The second-order valence-electron chi connectivity index (χ2n) is 2.81. The fourth-order valence-electron chi connectivity index (χ4n) is 1.09. The summed E-state index contributed by atoms with van der Waals surface area (Å²) in [6.45, 7) is 5.83. The topological polar surface area (TPSA) is 61.1 Å². The molecular weight excluding hydrogens is 190 g/mol. The number of aryl methyl sites for hydroxylation is 1. The van der Waals surface area contributed by atoms with Crippen LogP contribution in [0.15, 0.2) is 18.2 Å². The zero-order valence-corrected chi connectivity index (χ0v) is 9.19. The molecule has 0 spiro atoms. The lowest BCUT2D eigenvalue weighted by Crippen LogP contribution is -1.97. The minimum atomic E-state index is -0.874. The highest BCUT2D eigenvalue weighted by Gasteiger charge is 2.12. The van der Waals surface area contributed by atoms with E-state index in [0.29, 0.717) is 11.8 Å². The van der Waals surface area contributed by atoms with Gasteiger partial charge < -0.3 is 9.90 Å². The molecule has 0 aliphatic rings. The molecule has 0 aliphatic carbocycles. The molecule has 3 nitrogen and oxygen atoms in total. The standard InChI is InChI=1S/C10H9NO2.C2H6/c1-7-2-3-9(10(13)4-7)8(5-11)6-12;1-2/h2-4,6,8,13H,1H3;1-2H3. The zero-order chi connectivity index (χ0) is 11.8. The van der Waals surface area contributed by atoms with E-state index in [4.69, 9.17) is 5.26 Å². The molecule has 0 radical (unpaired) electrons. The van der Waals surface area contributed by atoms with Gasteiger partial charge >= 0.3 is 0 Å². The number of aldehydes is 1. The summed E-state index contributed by atoms with van der Waals surface area (Å²) in [7, 11) is 0. The molecule has 1 atom stereocenters. The molecule has 0 heterocycles. The number of phenols is 1. The average molecular weight is 205 g/mol. The predicted molar refractivity (Wildman–Crippen MR) is 58.6 cm³/mol. The molecule has 0 saturated heterocycles. The lowest BCUT2D eigenvalue weighted by atomic mass is 10.00.